The van der Waals surface area contributed by atoms with Gasteiger partial charge < -0.3 is 9.72 Å². The molecule has 4 heteroatoms. The van der Waals surface area contributed by atoms with Crippen LogP contribution < -0.4 is 10.3 Å². The summed E-state index contributed by atoms with van der Waals surface area (Å²) in [6.07, 6.45) is 3.88. The molecule has 0 amide bonds. The molecule has 1 aromatic rings. The monoisotopic (exact) mass is 196 g/mol. The van der Waals surface area contributed by atoms with Crippen molar-refractivity contribution in [3.05, 3.63) is 22.7 Å². The van der Waals surface area contributed by atoms with E-state index in [1.54, 1.807) is 0 Å². The number of nitrogens with zero attached hydrogens (tertiary/aromatic N) is 1. The lowest BCUT2D eigenvalue weighted by Crippen LogP contribution is -2.16. The van der Waals surface area contributed by atoms with Gasteiger partial charge in [0.1, 0.15) is 0 Å². The Labute approximate surface area is 83.3 Å². The predicted octanol–water partition coefficient (Wildman–Crippen LogP) is 1.58. The lowest BCUT2D eigenvalue weighted by atomic mass is 9.93. The molecule has 1 aromatic heterocycles. The molecule has 0 radical (unpaired) electrons. The zero-order valence-corrected chi connectivity index (χ0v) is 8.83. The molecular formula is C10H16N2O2. The van der Waals surface area contributed by atoms with Crippen molar-refractivity contribution >= 4 is 0 Å². The third kappa shape index (κ3) is 3.60. The molecule has 0 aliphatic heterocycles. The van der Waals surface area contributed by atoms with Crippen LogP contribution in [0.5, 0.6) is 5.88 Å². The van der Waals surface area contributed by atoms with Crippen LogP contribution in [-0.4, -0.2) is 16.6 Å². The fourth-order valence-electron chi connectivity index (χ4n) is 0.895. The van der Waals surface area contributed by atoms with Crippen LogP contribution in [-0.2, 0) is 0 Å². The highest BCUT2D eigenvalue weighted by Gasteiger charge is 2.10. The Morgan fingerprint density at radius 3 is 2.79 bits per heavy atom. The highest BCUT2D eigenvalue weighted by Crippen LogP contribution is 2.17. The maximum Gasteiger partial charge on any atom is 0.310 e. The van der Waals surface area contributed by atoms with Gasteiger partial charge in [-0.05, 0) is 11.8 Å². The quantitative estimate of drug-likeness (QED) is 0.798. The molecule has 14 heavy (non-hydrogen) atoms. The summed E-state index contributed by atoms with van der Waals surface area (Å²) >= 11 is 0. The first-order valence-corrected chi connectivity index (χ1v) is 4.65. The number of aromatic amines is 1. The highest BCUT2D eigenvalue weighted by atomic mass is 16.5. The molecule has 0 unspecified atom stereocenters. The Hall–Kier alpha value is -1.32. The topological polar surface area (TPSA) is 55.0 Å². The average Bonchev–Trinajstić information content (AvgIpc) is 2.06. The maximum atomic E-state index is 11.1. The molecule has 0 saturated carbocycles. The Kier molecular flexibility index (Phi) is 3.28. The van der Waals surface area contributed by atoms with Gasteiger partial charge in [-0.2, -0.15) is 0 Å². The van der Waals surface area contributed by atoms with Crippen molar-refractivity contribution in [3.8, 4) is 5.88 Å². The fourth-order valence-corrected chi connectivity index (χ4v) is 0.895. The van der Waals surface area contributed by atoms with Gasteiger partial charge >= 0.3 is 5.56 Å². The first kappa shape index (κ1) is 10.8. The molecule has 4 nitrogen and oxygen atoms in total. The number of nitrogens with one attached hydrogen (secondary N) is 1. The van der Waals surface area contributed by atoms with E-state index in [0.29, 0.717) is 6.61 Å². The van der Waals surface area contributed by atoms with Crippen molar-refractivity contribution in [2.45, 2.75) is 27.2 Å². The zero-order valence-electron chi connectivity index (χ0n) is 8.83. The molecular weight excluding hydrogens is 180 g/mol. The van der Waals surface area contributed by atoms with E-state index in [1.807, 2.05) is 0 Å². The summed E-state index contributed by atoms with van der Waals surface area (Å²) in [5, 5.41) is 0. The summed E-state index contributed by atoms with van der Waals surface area (Å²) in [6, 6.07) is 0. The number of ether oxygens (including phenoxy) is 1. The van der Waals surface area contributed by atoms with Crippen LogP contribution in [0.2, 0.25) is 0 Å². The minimum atomic E-state index is -0.276. The Morgan fingerprint density at radius 1 is 1.50 bits per heavy atom. The van der Waals surface area contributed by atoms with E-state index in [2.05, 4.69) is 30.7 Å². The van der Waals surface area contributed by atoms with Crippen LogP contribution in [0.3, 0.4) is 0 Å². The number of aromatic nitrogens is 2. The first-order chi connectivity index (χ1) is 6.49. The molecule has 0 bridgehead atoms. The molecule has 0 aromatic carbocycles. The summed E-state index contributed by atoms with van der Waals surface area (Å²) in [5.41, 5.74) is -0.0666. The van der Waals surface area contributed by atoms with E-state index >= 15 is 0 Å². The van der Waals surface area contributed by atoms with Crippen LogP contribution in [0, 0.1) is 5.41 Å². The minimum absolute atomic E-state index is 0.150. The molecule has 78 valence electrons. The Balaban J connectivity index is 2.47. The van der Waals surface area contributed by atoms with Gasteiger partial charge in [0, 0.05) is 12.4 Å². The van der Waals surface area contributed by atoms with Gasteiger partial charge in [-0.1, -0.05) is 20.8 Å². The van der Waals surface area contributed by atoms with Crippen molar-refractivity contribution in [2.75, 3.05) is 6.61 Å². The molecule has 0 aliphatic rings. The second-order valence-corrected chi connectivity index (χ2v) is 4.38. The lowest BCUT2D eigenvalue weighted by Gasteiger charge is -2.17. The maximum absolute atomic E-state index is 11.1. The zero-order chi connectivity index (χ0) is 10.6. The van der Waals surface area contributed by atoms with E-state index in [9.17, 15) is 4.79 Å². The van der Waals surface area contributed by atoms with Crippen LogP contribution in [0.25, 0.3) is 0 Å². The standard InChI is InChI=1S/C10H16N2O2/c1-10(2,3)4-7-14-9-8(13)11-5-6-12-9/h5-6H,4,7H2,1-3H3,(H,11,13). The SMILES string of the molecule is CC(C)(C)CCOc1ncc[nH]c1=O. The van der Waals surface area contributed by atoms with Gasteiger partial charge in [0.25, 0.3) is 5.88 Å². The summed E-state index contributed by atoms with van der Waals surface area (Å²) in [7, 11) is 0. The van der Waals surface area contributed by atoms with E-state index in [0.717, 1.165) is 6.42 Å². The highest BCUT2D eigenvalue weighted by molar-refractivity contribution is 5.01. The summed E-state index contributed by atoms with van der Waals surface area (Å²) < 4.78 is 5.26. The third-order valence-electron chi connectivity index (χ3n) is 1.77. The number of hydrogen-bond acceptors (Lipinski definition) is 3. The Bertz CT molecular complexity index is 338. The molecule has 1 N–H and O–H groups in total. The van der Waals surface area contributed by atoms with Crippen molar-refractivity contribution < 1.29 is 4.74 Å². The van der Waals surface area contributed by atoms with Crippen LogP contribution >= 0.6 is 0 Å². The van der Waals surface area contributed by atoms with Gasteiger partial charge in [-0.25, -0.2) is 4.98 Å². The summed E-state index contributed by atoms with van der Waals surface area (Å²) in [5.74, 6) is 0.150. The Morgan fingerprint density at radius 2 is 2.21 bits per heavy atom. The largest absolute Gasteiger partial charge is 0.474 e. The van der Waals surface area contributed by atoms with E-state index < -0.39 is 0 Å². The average molecular weight is 196 g/mol. The van der Waals surface area contributed by atoms with Crippen molar-refractivity contribution in [3.63, 3.8) is 0 Å². The number of hydrogen-bond donors (Lipinski definition) is 1. The summed E-state index contributed by atoms with van der Waals surface area (Å²) in [6.45, 7) is 6.89. The molecule has 1 heterocycles. The normalized spacial score (nSPS) is 11.4. The first-order valence-electron chi connectivity index (χ1n) is 4.65. The molecule has 0 aliphatic carbocycles. The van der Waals surface area contributed by atoms with Crippen molar-refractivity contribution in [2.24, 2.45) is 5.41 Å². The minimum Gasteiger partial charge on any atom is -0.474 e. The smallest absolute Gasteiger partial charge is 0.310 e. The third-order valence-corrected chi connectivity index (χ3v) is 1.77. The fraction of sp³-hybridized carbons (Fsp3) is 0.600. The van der Waals surface area contributed by atoms with E-state index in [-0.39, 0.29) is 16.9 Å². The van der Waals surface area contributed by atoms with E-state index in [1.165, 1.54) is 12.4 Å². The number of H-pyrrole nitrogens is 1. The second kappa shape index (κ2) is 4.26. The van der Waals surface area contributed by atoms with Crippen molar-refractivity contribution in [1.29, 1.82) is 0 Å². The molecule has 0 spiro atoms. The van der Waals surface area contributed by atoms with Crippen LogP contribution in [0.1, 0.15) is 27.2 Å². The summed E-state index contributed by atoms with van der Waals surface area (Å²) in [4.78, 5) is 17.5. The molecule has 0 fully saturated rings. The van der Waals surface area contributed by atoms with Gasteiger partial charge in [-0.3, -0.25) is 4.79 Å². The second-order valence-electron chi connectivity index (χ2n) is 4.38. The van der Waals surface area contributed by atoms with Gasteiger partial charge in [-0.15, -0.1) is 0 Å². The van der Waals surface area contributed by atoms with Crippen molar-refractivity contribution in [1.82, 2.24) is 9.97 Å². The van der Waals surface area contributed by atoms with Crippen LogP contribution in [0.4, 0.5) is 0 Å². The van der Waals surface area contributed by atoms with E-state index in [4.69, 9.17) is 4.74 Å². The molecule has 1 rings (SSSR count). The lowest BCUT2D eigenvalue weighted by molar-refractivity contribution is 0.233. The van der Waals surface area contributed by atoms with Gasteiger partial charge in [0.15, 0.2) is 0 Å². The predicted molar refractivity (Wildman–Crippen MR) is 54.4 cm³/mol. The molecule has 0 saturated heterocycles. The van der Waals surface area contributed by atoms with Gasteiger partial charge in [0.2, 0.25) is 0 Å². The van der Waals surface area contributed by atoms with Crippen LogP contribution in [0.15, 0.2) is 17.2 Å². The number of rotatable bonds is 3. The van der Waals surface area contributed by atoms with Gasteiger partial charge in [0.05, 0.1) is 6.61 Å². The molecule has 0 atom stereocenters.